The van der Waals surface area contributed by atoms with Crippen molar-refractivity contribution < 1.29 is 14.3 Å². The Kier molecular flexibility index (Phi) is 5.16. The highest BCUT2D eigenvalue weighted by molar-refractivity contribution is 5.95. The molecule has 0 unspecified atom stereocenters. The quantitative estimate of drug-likeness (QED) is 0.751. The van der Waals surface area contributed by atoms with Crippen LogP contribution in [0.1, 0.15) is 77.4 Å². The van der Waals surface area contributed by atoms with Gasteiger partial charge in [-0.1, -0.05) is 32.9 Å². The molecule has 1 aromatic carbocycles. The number of ether oxygens (including phenoxy) is 1. The summed E-state index contributed by atoms with van der Waals surface area (Å²) in [5.74, 6) is 1.48. The van der Waals surface area contributed by atoms with Crippen LogP contribution in [0.15, 0.2) is 24.3 Å². The van der Waals surface area contributed by atoms with Crippen LogP contribution >= 0.6 is 0 Å². The van der Waals surface area contributed by atoms with E-state index in [0.717, 1.165) is 38.1 Å². The van der Waals surface area contributed by atoms with Crippen molar-refractivity contribution in [3.8, 4) is 0 Å². The first-order chi connectivity index (χ1) is 14.9. The van der Waals surface area contributed by atoms with E-state index in [-0.39, 0.29) is 34.8 Å². The van der Waals surface area contributed by atoms with Gasteiger partial charge in [-0.2, -0.15) is 0 Å². The monoisotopic (exact) mass is 424 g/mol. The van der Waals surface area contributed by atoms with Gasteiger partial charge in [-0.25, -0.2) is 0 Å². The van der Waals surface area contributed by atoms with Crippen molar-refractivity contribution in [2.24, 2.45) is 22.7 Å². The number of benzene rings is 1. The van der Waals surface area contributed by atoms with Gasteiger partial charge < -0.3 is 15.0 Å². The van der Waals surface area contributed by atoms with Gasteiger partial charge in [0.05, 0.1) is 6.10 Å². The van der Waals surface area contributed by atoms with E-state index in [2.05, 4.69) is 50.4 Å². The molecule has 31 heavy (non-hydrogen) atoms. The number of fused-ring (bicyclic) bond motifs is 1. The lowest BCUT2D eigenvalue weighted by atomic mass is 9.59. The van der Waals surface area contributed by atoms with Gasteiger partial charge >= 0.3 is 0 Å². The third-order valence-electron chi connectivity index (χ3n) is 8.89. The van der Waals surface area contributed by atoms with E-state index in [4.69, 9.17) is 4.74 Å². The predicted molar refractivity (Wildman–Crippen MR) is 121 cm³/mol. The van der Waals surface area contributed by atoms with Gasteiger partial charge in [0.15, 0.2) is 0 Å². The van der Waals surface area contributed by atoms with Crippen molar-refractivity contribution in [2.45, 2.75) is 77.9 Å². The molecule has 2 saturated carbocycles. The molecular weight excluding hydrogens is 388 g/mol. The van der Waals surface area contributed by atoms with E-state index >= 15 is 0 Å². The number of hydrogen-bond acceptors (Lipinski definition) is 3. The second-order valence-corrected chi connectivity index (χ2v) is 10.8. The summed E-state index contributed by atoms with van der Waals surface area (Å²) in [5.41, 5.74) is 2.46. The third kappa shape index (κ3) is 3.23. The Hall–Kier alpha value is -1.88. The summed E-state index contributed by atoms with van der Waals surface area (Å²) in [7, 11) is 0. The van der Waals surface area contributed by atoms with E-state index < -0.39 is 0 Å². The molecule has 2 saturated heterocycles. The average Bonchev–Trinajstić information content (AvgIpc) is 3.40. The maximum absolute atomic E-state index is 12.6. The number of carbonyl (C=O) groups is 2. The summed E-state index contributed by atoms with van der Waals surface area (Å²) in [6.07, 6.45) is 6.56. The molecule has 2 aliphatic heterocycles. The minimum absolute atomic E-state index is 0.0729. The number of anilines is 1. The van der Waals surface area contributed by atoms with Gasteiger partial charge in [-0.15, -0.1) is 0 Å². The van der Waals surface area contributed by atoms with Crippen LogP contribution in [0.25, 0.3) is 0 Å². The Morgan fingerprint density at radius 3 is 2.71 bits per heavy atom. The van der Waals surface area contributed by atoms with Crippen molar-refractivity contribution in [1.29, 1.82) is 0 Å². The molecule has 5 atom stereocenters. The van der Waals surface area contributed by atoms with E-state index in [1.54, 1.807) is 0 Å². The standard InChI is InChI=1S/C26H36N2O3/c1-4-6-21(29)27-24-25(2,3)18-15-20-23(31-14-12-26(20,24)16-18)17-8-10-19(11-9-17)28-13-5-7-22(28)30/h8-11,18,20,23-24H,4-7,12-16H2,1-3H3,(H,27,29)/t18-,20-,23-,24+,26-/m1/s1. The molecule has 5 nitrogen and oxygen atoms in total. The molecule has 2 aliphatic carbocycles. The molecule has 5 heteroatoms. The van der Waals surface area contributed by atoms with Crippen LogP contribution in [-0.4, -0.2) is 31.0 Å². The summed E-state index contributed by atoms with van der Waals surface area (Å²) in [4.78, 5) is 26.6. The van der Waals surface area contributed by atoms with Crippen molar-refractivity contribution in [2.75, 3.05) is 18.1 Å². The number of rotatable bonds is 5. The molecule has 5 rings (SSSR count). The highest BCUT2D eigenvalue weighted by Gasteiger charge is 2.68. The van der Waals surface area contributed by atoms with Gasteiger partial charge in [-0.3, -0.25) is 9.59 Å². The SMILES string of the molecule is CCCC(=O)N[C@H]1C(C)(C)[C@@H]2C[C@@H]3[C@@H](c4ccc(N5CCCC5=O)cc4)OCC[C@@]31C2. The maximum Gasteiger partial charge on any atom is 0.227 e. The van der Waals surface area contributed by atoms with Gasteiger partial charge in [0.1, 0.15) is 0 Å². The predicted octanol–water partition coefficient (Wildman–Crippen LogP) is 4.61. The molecular formula is C26H36N2O3. The van der Waals surface area contributed by atoms with Crippen LogP contribution in [0.3, 0.4) is 0 Å². The third-order valence-corrected chi connectivity index (χ3v) is 8.89. The Balaban J connectivity index is 1.40. The van der Waals surface area contributed by atoms with Gasteiger partial charge in [-0.05, 0) is 72.5 Å². The van der Waals surface area contributed by atoms with Gasteiger partial charge in [0.25, 0.3) is 0 Å². The van der Waals surface area contributed by atoms with Crippen LogP contribution in [0, 0.1) is 22.7 Å². The number of hydrogen-bond donors (Lipinski definition) is 1. The Morgan fingerprint density at radius 1 is 1.26 bits per heavy atom. The summed E-state index contributed by atoms with van der Waals surface area (Å²) in [5, 5.41) is 3.48. The fraction of sp³-hybridized carbons (Fsp3) is 0.692. The van der Waals surface area contributed by atoms with Gasteiger partial charge in [0, 0.05) is 37.7 Å². The van der Waals surface area contributed by atoms with Crippen molar-refractivity contribution >= 4 is 17.5 Å². The zero-order chi connectivity index (χ0) is 21.8. The molecule has 2 heterocycles. The number of nitrogens with zero attached hydrogens (tertiary/aromatic N) is 1. The molecule has 168 valence electrons. The molecule has 1 N–H and O–H groups in total. The average molecular weight is 425 g/mol. The van der Waals surface area contributed by atoms with Crippen molar-refractivity contribution in [3.05, 3.63) is 29.8 Å². The first-order valence-corrected chi connectivity index (χ1v) is 12.2. The lowest BCUT2D eigenvalue weighted by Gasteiger charge is -2.53. The zero-order valence-corrected chi connectivity index (χ0v) is 19.2. The minimum Gasteiger partial charge on any atom is -0.373 e. The number of carbonyl (C=O) groups excluding carboxylic acids is 2. The molecule has 4 aliphatic rings. The van der Waals surface area contributed by atoms with Crippen LogP contribution < -0.4 is 10.2 Å². The van der Waals surface area contributed by atoms with Gasteiger partial charge in [0.2, 0.25) is 11.8 Å². The maximum atomic E-state index is 12.6. The molecule has 2 bridgehead atoms. The molecule has 0 radical (unpaired) electrons. The molecule has 2 amide bonds. The first kappa shape index (κ1) is 21.0. The lowest BCUT2D eigenvalue weighted by Crippen LogP contribution is -2.58. The highest BCUT2D eigenvalue weighted by Crippen LogP contribution is 2.70. The smallest absolute Gasteiger partial charge is 0.227 e. The second kappa shape index (κ2) is 7.61. The molecule has 1 aromatic rings. The van der Waals surface area contributed by atoms with Crippen LogP contribution in [0.5, 0.6) is 0 Å². The van der Waals surface area contributed by atoms with E-state index in [1.165, 1.54) is 18.4 Å². The summed E-state index contributed by atoms with van der Waals surface area (Å²) >= 11 is 0. The van der Waals surface area contributed by atoms with Crippen LogP contribution in [0.4, 0.5) is 5.69 Å². The topological polar surface area (TPSA) is 58.6 Å². The van der Waals surface area contributed by atoms with Crippen molar-refractivity contribution in [3.63, 3.8) is 0 Å². The highest BCUT2D eigenvalue weighted by atomic mass is 16.5. The molecule has 1 spiro atoms. The molecule has 0 aromatic heterocycles. The molecule has 4 fully saturated rings. The summed E-state index contributed by atoms with van der Waals surface area (Å²) in [6, 6.07) is 8.70. The van der Waals surface area contributed by atoms with Crippen LogP contribution in [0.2, 0.25) is 0 Å². The van der Waals surface area contributed by atoms with Crippen molar-refractivity contribution in [1.82, 2.24) is 5.32 Å². The summed E-state index contributed by atoms with van der Waals surface area (Å²) < 4.78 is 6.39. The van der Waals surface area contributed by atoms with Crippen LogP contribution in [-0.2, 0) is 14.3 Å². The normalized spacial score (nSPS) is 36.0. The number of nitrogens with one attached hydrogen (secondary N) is 1. The number of amides is 2. The largest absolute Gasteiger partial charge is 0.373 e. The van der Waals surface area contributed by atoms with E-state index in [9.17, 15) is 9.59 Å². The first-order valence-electron chi connectivity index (χ1n) is 12.2. The van der Waals surface area contributed by atoms with E-state index in [1.807, 2.05) is 4.90 Å². The Morgan fingerprint density at radius 2 is 2.03 bits per heavy atom. The van der Waals surface area contributed by atoms with E-state index in [0.29, 0.717) is 24.7 Å². The Bertz CT molecular complexity index is 864. The fourth-order valence-electron chi connectivity index (χ4n) is 7.34. The lowest BCUT2D eigenvalue weighted by molar-refractivity contribution is -0.137. The fourth-order valence-corrected chi connectivity index (χ4v) is 7.34. The minimum atomic E-state index is 0.0729. The Labute approximate surface area is 185 Å². The second-order valence-electron chi connectivity index (χ2n) is 10.8. The zero-order valence-electron chi connectivity index (χ0n) is 19.2. The summed E-state index contributed by atoms with van der Waals surface area (Å²) in [6.45, 7) is 8.34.